The van der Waals surface area contributed by atoms with Gasteiger partial charge < -0.3 is 10.0 Å². The van der Waals surface area contributed by atoms with Crippen LogP contribution in [0.15, 0.2) is 77.6 Å². The second-order valence-corrected chi connectivity index (χ2v) is 7.26. The summed E-state index contributed by atoms with van der Waals surface area (Å²) >= 11 is 1.24. The van der Waals surface area contributed by atoms with Gasteiger partial charge in [-0.2, -0.15) is 0 Å². The number of carbonyl (C=O) groups is 2. The minimum Gasteiger partial charge on any atom is -0.503 e. The highest BCUT2D eigenvalue weighted by atomic mass is 32.1. The molecular formula is C21H15FN2O3S. The zero-order valence-electron chi connectivity index (χ0n) is 14.6. The molecule has 0 radical (unpaired) electrons. The van der Waals surface area contributed by atoms with Gasteiger partial charge in [-0.25, -0.2) is 4.39 Å². The number of pyridine rings is 1. The Balaban J connectivity index is 1.77. The number of Topliss-reactive ketones (excluding diaryl/α,β-unsaturated/α-hetero) is 1. The van der Waals surface area contributed by atoms with E-state index in [0.29, 0.717) is 16.0 Å². The lowest BCUT2D eigenvalue weighted by Crippen LogP contribution is -2.30. The molecule has 1 aliphatic rings. The van der Waals surface area contributed by atoms with E-state index in [9.17, 15) is 19.1 Å². The average molecular weight is 394 g/mol. The highest BCUT2D eigenvalue weighted by Crippen LogP contribution is 2.40. The molecular weight excluding hydrogens is 379 g/mol. The van der Waals surface area contributed by atoms with Gasteiger partial charge in [0.1, 0.15) is 5.82 Å². The Hall–Kier alpha value is -3.32. The van der Waals surface area contributed by atoms with Gasteiger partial charge in [-0.15, -0.1) is 11.3 Å². The van der Waals surface area contributed by atoms with Crippen molar-refractivity contribution in [2.45, 2.75) is 12.6 Å². The monoisotopic (exact) mass is 394 g/mol. The standard InChI is InChI=1S/C21H15FN2O3S/c22-15-7-5-13(6-8-15)12-24-18(14-3-1-9-23-11-14)17(20(26)21(24)27)19(25)16-4-2-10-28-16/h1-11,18,26H,12H2. The van der Waals surface area contributed by atoms with E-state index in [0.717, 1.165) is 0 Å². The zero-order chi connectivity index (χ0) is 19.7. The molecule has 3 heterocycles. The van der Waals surface area contributed by atoms with Crippen LogP contribution in [0.2, 0.25) is 0 Å². The van der Waals surface area contributed by atoms with Gasteiger partial charge in [0.05, 0.1) is 16.5 Å². The number of hydrogen-bond donors (Lipinski definition) is 1. The average Bonchev–Trinajstić information content (AvgIpc) is 3.33. The fourth-order valence-electron chi connectivity index (χ4n) is 3.26. The predicted molar refractivity (Wildman–Crippen MR) is 102 cm³/mol. The molecule has 140 valence electrons. The van der Waals surface area contributed by atoms with Crippen LogP contribution in [0.25, 0.3) is 0 Å². The van der Waals surface area contributed by atoms with Gasteiger partial charge >= 0.3 is 0 Å². The summed E-state index contributed by atoms with van der Waals surface area (Å²) in [6.07, 6.45) is 3.16. The van der Waals surface area contributed by atoms with Crippen LogP contribution in [0.3, 0.4) is 0 Å². The first kappa shape index (κ1) is 18.1. The van der Waals surface area contributed by atoms with Gasteiger partial charge in [0.25, 0.3) is 5.91 Å². The van der Waals surface area contributed by atoms with Gasteiger partial charge in [-0.1, -0.05) is 24.3 Å². The van der Waals surface area contributed by atoms with E-state index < -0.39 is 23.5 Å². The normalized spacial score (nSPS) is 16.7. The summed E-state index contributed by atoms with van der Waals surface area (Å²) in [6.45, 7) is 0.115. The molecule has 0 fully saturated rings. The summed E-state index contributed by atoms with van der Waals surface area (Å²) in [5.74, 6) is -1.97. The molecule has 1 N–H and O–H groups in total. The molecule has 1 atom stereocenters. The SMILES string of the molecule is O=C(C1=C(O)C(=O)N(Cc2ccc(F)cc2)C1c1cccnc1)c1cccs1. The van der Waals surface area contributed by atoms with E-state index in [2.05, 4.69) is 4.98 Å². The topological polar surface area (TPSA) is 70.5 Å². The molecule has 5 nitrogen and oxygen atoms in total. The summed E-state index contributed by atoms with van der Waals surface area (Å²) in [5, 5.41) is 12.3. The van der Waals surface area contributed by atoms with E-state index in [1.807, 2.05) is 0 Å². The summed E-state index contributed by atoms with van der Waals surface area (Å²) in [5.41, 5.74) is 1.32. The van der Waals surface area contributed by atoms with Gasteiger partial charge in [0.2, 0.25) is 5.78 Å². The van der Waals surface area contributed by atoms with Crippen LogP contribution >= 0.6 is 11.3 Å². The van der Waals surface area contributed by atoms with E-state index in [-0.39, 0.29) is 17.9 Å². The van der Waals surface area contributed by atoms with Crippen LogP contribution in [-0.2, 0) is 11.3 Å². The highest BCUT2D eigenvalue weighted by Gasteiger charge is 2.44. The molecule has 28 heavy (non-hydrogen) atoms. The largest absolute Gasteiger partial charge is 0.503 e. The van der Waals surface area contributed by atoms with Crippen molar-refractivity contribution in [2.75, 3.05) is 0 Å². The first-order valence-electron chi connectivity index (χ1n) is 8.53. The maximum absolute atomic E-state index is 13.2. The minimum absolute atomic E-state index is 0.0301. The zero-order valence-corrected chi connectivity index (χ0v) is 15.4. The maximum Gasteiger partial charge on any atom is 0.290 e. The van der Waals surface area contributed by atoms with Crippen molar-refractivity contribution in [1.29, 1.82) is 0 Å². The molecule has 3 aromatic rings. The Labute approximate surface area is 164 Å². The fourth-order valence-corrected chi connectivity index (χ4v) is 3.94. The second kappa shape index (κ2) is 7.36. The van der Waals surface area contributed by atoms with Crippen molar-refractivity contribution in [3.63, 3.8) is 0 Å². The molecule has 7 heteroatoms. The number of benzene rings is 1. The number of aliphatic hydroxyl groups excluding tert-OH is 1. The number of ketones is 1. The highest BCUT2D eigenvalue weighted by molar-refractivity contribution is 7.12. The first-order chi connectivity index (χ1) is 13.6. The van der Waals surface area contributed by atoms with E-state index in [1.54, 1.807) is 54.2 Å². The Morgan fingerprint density at radius 2 is 1.96 bits per heavy atom. The minimum atomic E-state index is -0.777. The van der Waals surface area contributed by atoms with Gasteiger partial charge in [-0.3, -0.25) is 14.6 Å². The number of amides is 1. The number of aliphatic hydroxyl groups is 1. The Morgan fingerprint density at radius 3 is 2.61 bits per heavy atom. The van der Waals surface area contributed by atoms with Gasteiger partial charge in [0.15, 0.2) is 5.76 Å². The lowest BCUT2D eigenvalue weighted by atomic mass is 9.96. The summed E-state index contributed by atoms with van der Waals surface area (Å²) in [4.78, 5) is 31.8. The van der Waals surface area contributed by atoms with Crippen molar-refractivity contribution >= 4 is 23.0 Å². The molecule has 0 saturated heterocycles. The van der Waals surface area contributed by atoms with Crippen LogP contribution in [0, 0.1) is 5.82 Å². The lowest BCUT2D eigenvalue weighted by Gasteiger charge is -2.26. The number of thiophene rings is 1. The van der Waals surface area contributed by atoms with Gasteiger partial charge in [0, 0.05) is 18.9 Å². The maximum atomic E-state index is 13.2. The second-order valence-electron chi connectivity index (χ2n) is 6.32. The Morgan fingerprint density at radius 1 is 1.18 bits per heavy atom. The fraction of sp³-hybridized carbons (Fsp3) is 0.0952. The Bertz CT molecular complexity index is 1050. The van der Waals surface area contributed by atoms with Crippen molar-refractivity contribution in [2.24, 2.45) is 0 Å². The lowest BCUT2D eigenvalue weighted by molar-refractivity contribution is -0.130. The first-order valence-corrected chi connectivity index (χ1v) is 9.41. The van der Waals surface area contributed by atoms with Crippen molar-refractivity contribution in [3.05, 3.63) is 99.5 Å². The van der Waals surface area contributed by atoms with Crippen molar-refractivity contribution < 1.29 is 19.1 Å². The molecule has 1 unspecified atom stereocenters. The molecule has 1 aromatic carbocycles. The third-order valence-corrected chi connectivity index (χ3v) is 5.43. The van der Waals surface area contributed by atoms with Crippen LogP contribution in [0.5, 0.6) is 0 Å². The number of hydrogen-bond acceptors (Lipinski definition) is 5. The summed E-state index contributed by atoms with van der Waals surface area (Å²) in [7, 11) is 0. The number of aromatic nitrogens is 1. The molecule has 4 rings (SSSR count). The van der Waals surface area contributed by atoms with E-state index in [1.165, 1.54) is 28.4 Å². The molecule has 0 saturated carbocycles. The molecule has 1 aliphatic heterocycles. The molecule has 1 amide bonds. The summed E-state index contributed by atoms with van der Waals surface area (Å²) < 4.78 is 13.2. The molecule has 0 bridgehead atoms. The third kappa shape index (κ3) is 3.20. The number of carbonyl (C=O) groups excluding carboxylic acids is 2. The molecule has 0 aliphatic carbocycles. The van der Waals surface area contributed by atoms with E-state index >= 15 is 0 Å². The van der Waals surface area contributed by atoms with Crippen LogP contribution < -0.4 is 0 Å². The summed E-state index contributed by atoms with van der Waals surface area (Å²) in [6, 6.07) is 11.8. The predicted octanol–water partition coefficient (Wildman–Crippen LogP) is 4.06. The molecule has 0 spiro atoms. The Kier molecular flexibility index (Phi) is 4.75. The van der Waals surface area contributed by atoms with Gasteiger partial charge in [-0.05, 0) is 40.8 Å². The van der Waals surface area contributed by atoms with Crippen molar-refractivity contribution in [1.82, 2.24) is 9.88 Å². The van der Waals surface area contributed by atoms with E-state index in [4.69, 9.17) is 0 Å². The van der Waals surface area contributed by atoms with Crippen LogP contribution in [0.4, 0.5) is 4.39 Å². The number of halogens is 1. The van der Waals surface area contributed by atoms with Crippen LogP contribution in [-0.4, -0.2) is 26.7 Å². The quantitative estimate of drug-likeness (QED) is 0.663. The smallest absolute Gasteiger partial charge is 0.290 e. The third-order valence-electron chi connectivity index (χ3n) is 4.56. The van der Waals surface area contributed by atoms with Crippen LogP contribution in [0.1, 0.15) is 26.8 Å². The number of nitrogens with zero attached hydrogens (tertiary/aromatic N) is 2. The molecule has 2 aromatic heterocycles. The number of rotatable bonds is 5. The van der Waals surface area contributed by atoms with Crippen molar-refractivity contribution in [3.8, 4) is 0 Å².